The third-order valence-corrected chi connectivity index (χ3v) is 3.74. The maximum absolute atomic E-state index is 14.3. The van der Waals surface area contributed by atoms with Crippen LogP contribution in [0.15, 0.2) is 12.1 Å². The van der Waals surface area contributed by atoms with Crippen LogP contribution in [-0.2, 0) is 4.65 Å². The summed E-state index contributed by atoms with van der Waals surface area (Å²) in [6.07, 6.45) is -2.03. The van der Waals surface area contributed by atoms with Crippen LogP contribution in [0, 0.1) is 5.82 Å². The fourth-order valence-corrected chi connectivity index (χ4v) is 2.68. The van der Waals surface area contributed by atoms with Crippen LogP contribution in [0.4, 0.5) is 9.18 Å². The molecule has 1 amide bonds. The Kier molecular flexibility index (Phi) is 4.86. The molecule has 1 heterocycles. The standard InChI is InChI=1S/C15H21BFNO5/c1-5-22-10-7-6-9(17)12-11(23-16(21)13(10)12)8-18(14(19)20)15(2,3)4/h6-7,11,21H,5,8H2,1-4H3,(H,19,20)/t11-/m0/s1. The average molecular weight is 325 g/mol. The third-order valence-electron chi connectivity index (χ3n) is 3.74. The van der Waals surface area contributed by atoms with Crippen molar-refractivity contribution in [1.82, 2.24) is 4.90 Å². The van der Waals surface area contributed by atoms with Crippen LogP contribution in [0.2, 0.25) is 0 Å². The van der Waals surface area contributed by atoms with Crippen molar-refractivity contribution in [3.8, 4) is 5.75 Å². The van der Waals surface area contributed by atoms with Crippen molar-refractivity contribution in [2.24, 2.45) is 0 Å². The van der Waals surface area contributed by atoms with Crippen molar-refractivity contribution in [3.63, 3.8) is 0 Å². The molecule has 1 atom stereocenters. The summed E-state index contributed by atoms with van der Waals surface area (Å²) in [4.78, 5) is 12.6. The van der Waals surface area contributed by atoms with Crippen molar-refractivity contribution in [2.45, 2.75) is 39.3 Å². The van der Waals surface area contributed by atoms with Crippen molar-refractivity contribution in [1.29, 1.82) is 0 Å². The Bertz CT molecular complexity index is 604. The molecule has 0 aliphatic carbocycles. The lowest BCUT2D eigenvalue weighted by Gasteiger charge is -2.35. The number of benzene rings is 1. The van der Waals surface area contributed by atoms with Crippen molar-refractivity contribution >= 4 is 18.7 Å². The molecule has 0 aromatic heterocycles. The first-order valence-electron chi connectivity index (χ1n) is 7.46. The smallest absolute Gasteiger partial charge is 0.494 e. The van der Waals surface area contributed by atoms with Crippen LogP contribution >= 0.6 is 0 Å². The number of halogens is 1. The van der Waals surface area contributed by atoms with Crippen molar-refractivity contribution in [3.05, 3.63) is 23.5 Å². The number of rotatable bonds is 4. The van der Waals surface area contributed by atoms with E-state index in [4.69, 9.17) is 9.39 Å². The first kappa shape index (κ1) is 17.6. The molecule has 23 heavy (non-hydrogen) atoms. The molecule has 126 valence electrons. The monoisotopic (exact) mass is 325 g/mol. The second-order valence-electron chi connectivity index (χ2n) is 6.35. The third kappa shape index (κ3) is 3.43. The minimum absolute atomic E-state index is 0.0879. The predicted molar refractivity (Wildman–Crippen MR) is 83.5 cm³/mol. The molecule has 0 bridgehead atoms. The summed E-state index contributed by atoms with van der Waals surface area (Å²) in [6, 6.07) is 2.67. The summed E-state index contributed by atoms with van der Waals surface area (Å²) in [7, 11) is -1.34. The zero-order valence-electron chi connectivity index (χ0n) is 13.7. The molecule has 0 saturated carbocycles. The summed E-state index contributed by atoms with van der Waals surface area (Å²) >= 11 is 0. The van der Waals surface area contributed by atoms with E-state index in [2.05, 4.69) is 0 Å². The molecule has 6 nitrogen and oxygen atoms in total. The van der Waals surface area contributed by atoms with E-state index < -0.39 is 30.7 Å². The molecule has 8 heteroatoms. The second-order valence-corrected chi connectivity index (χ2v) is 6.35. The average Bonchev–Trinajstić information content (AvgIpc) is 2.76. The van der Waals surface area contributed by atoms with Gasteiger partial charge in [0.05, 0.1) is 19.3 Å². The highest BCUT2D eigenvalue weighted by molar-refractivity contribution is 6.62. The minimum atomic E-state index is -1.34. The van der Waals surface area contributed by atoms with E-state index in [1.54, 1.807) is 27.7 Å². The van der Waals surface area contributed by atoms with Crippen molar-refractivity contribution in [2.75, 3.05) is 13.2 Å². The highest BCUT2D eigenvalue weighted by Gasteiger charge is 2.42. The number of carbonyl (C=O) groups is 1. The van der Waals surface area contributed by atoms with E-state index >= 15 is 0 Å². The van der Waals surface area contributed by atoms with E-state index in [1.807, 2.05) is 0 Å². The molecule has 0 fully saturated rings. The Morgan fingerprint density at radius 3 is 2.65 bits per heavy atom. The van der Waals surface area contributed by atoms with Gasteiger partial charge in [0.2, 0.25) is 0 Å². The lowest BCUT2D eigenvalue weighted by molar-refractivity contribution is 0.0617. The lowest BCUT2D eigenvalue weighted by atomic mass is 9.78. The molecule has 0 spiro atoms. The van der Waals surface area contributed by atoms with Crippen molar-refractivity contribution < 1.29 is 28.7 Å². The molecule has 1 aromatic carbocycles. The van der Waals surface area contributed by atoms with Crippen LogP contribution in [0.3, 0.4) is 0 Å². The number of hydrogen-bond acceptors (Lipinski definition) is 4. The van der Waals surface area contributed by atoms with E-state index in [1.165, 1.54) is 12.1 Å². The number of ether oxygens (including phenoxy) is 1. The Labute approximate surface area is 135 Å². The second kappa shape index (κ2) is 6.37. The molecular formula is C15H21BFNO5. The highest BCUT2D eigenvalue weighted by Crippen LogP contribution is 2.32. The van der Waals surface area contributed by atoms with Gasteiger partial charge in [-0.15, -0.1) is 0 Å². The summed E-state index contributed by atoms with van der Waals surface area (Å²) in [5.41, 5.74) is -0.299. The molecule has 0 radical (unpaired) electrons. The molecule has 0 unspecified atom stereocenters. The molecule has 2 rings (SSSR count). The van der Waals surface area contributed by atoms with E-state index in [9.17, 15) is 19.3 Å². The zero-order chi connectivity index (χ0) is 17.4. The van der Waals surface area contributed by atoms with Gasteiger partial charge >= 0.3 is 13.2 Å². The predicted octanol–water partition coefficient (Wildman–Crippen LogP) is 1.76. The summed E-state index contributed by atoms with van der Waals surface area (Å²) < 4.78 is 25.1. The summed E-state index contributed by atoms with van der Waals surface area (Å²) in [5, 5.41) is 19.5. The summed E-state index contributed by atoms with van der Waals surface area (Å²) in [5.74, 6) is -0.208. The highest BCUT2D eigenvalue weighted by atomic mass is 19.1. The summed E-state index contributed by atoms with van der Waals surface area (Å²) in [6.45, 7) is 7.26. The molecule has 0 saturated heterocycles. The van der Waals surface area contributed by atoms with Gasteiger partial charge in [0.1, 0.15) is 11.6 Å². The number of nitrogens with zero attached hydrogens (tertiary/aromatic N) is 1. The largest absolute Gasteiger partial charge is 0.495 e. The zero-order valence-corrected chi connectivity index (χ0v) is 13.7. The quantitative estimate of drug-likeness (QED) is 0.825. The Balaban J connectivity index is 2.40. The van der Waals surface area contributed by atoms with Crippen LogP contribution < -0.4 is 10.2 Å². The molecule has 1 aliphatic rings. The van der Waals surface area contributed by atoms with Crippen LogP contribution in [0.25, 0.3) is 0 Å². The Hall–Kier alpha value is -1.80. The normalized spacial score (nSPS) is 17.1. The van der Waals surface area contributed by atoms with Gasteiger partial charge in [-0.05, 0) is 39.8 Å². The van der Waals surface area contributed by atoms with Gasteiger partial charge in [-0.3, -0.25) is 0 Å². The van der Waals surface area contributed by atoms with Crippen LogP contribution in [0.5, 0.6) is 5.75 Å². The first-order chi connectivity index (χ1) is 10.7. The molecule has 1 aromatic rings. The molecular weight excluding hydrogens is 304 g/mol. The van der Waals surface area contributed by atoms with Crippen LogP contribution in [-0.4, -0.2) is 46.9 Å². The lowest BCUT2D eigenvalue weighted by Crippen LogP contribution is -2.47. The Morgan fingerprint density at radius 1 is 1.48 bits per heavy atom. The molecule has 2 N–H and O–H groups in total. The maximum atomic E-state index is 14.3. The van der Waals surface area contributed by atoms with Gasteiger partial charge in [-0.25, -0.2) is 9.18 Å². The number of carboxylic acid groups (broad SMARTS) is 1. The minimum Gasteiger partial charge on any atom is -0.494 e. The van der Waals surface area contributed by atoms with E-state index in [0.29, 0.717) is 12.4 Å². The number of amides is 1. The fraction of sp³-hybridized carbons (Fsp3) is 0.533. The van der Waals surface area contributed by atoms with Gasteiger partial charge in [-0.1, -0.05) is 0 Å². The van der Waals surface area contributed by atoms with Gasteiger partial charge in [-0.2, -0.15) is 0 Å². The maximum Gasteiger partial charge on any atom is 0.495 e. The topological polar surface area (TPSA) is 79.2 Å². The fourth-order valence-electron chi connectivity index (χ4n) is 2.68. The van der Waals surface area contributed by atoms with Gasteiger partial charge in [0.15, 0.2) is 0 Å². The van der Waals surface area contributed by atoms with Gasteiger partial charge < -0.3 is 24.4 Å². The Morgan fingerprint density at radius 2 is 2.13 bits per heavy atom. The van der Waals surface area contributed by atoms with E-state index in [-0.39, 0.29) is 17.6 Å². The van der Waals surface area contributed by atoms with Crippen LogP contribution in [0.1, 0.15) is 39.4 Å². The number of fused-ring (bicyclic) bond motifs is 1. The van der Waals surface area contributed by atoms with Gasteiger partial charge in [0, 0.05) is 16.6 Å². The van der Waals surface area contributed by atoms with E-state index in [0.717, 1.165) is 4.90 Å². The first-order valence-corrected chi connectivity index (χ1v) is 7.46. The van der Waals surface area contributed by atoms with Gasteiger partial charge in [0.25, 0.3) is 0 Å². The number of hydrogen-bond donors (Lipinski definition) is 2. The SMILES string of the molecule is CCOc1ccc(F)c2c1B(O)O[C@H]2CN(C(=O)O)C(C)(C)C. The molecule has 1 aliphatic heterocycles.